The lowest BCUT2D eigenvalue weighted by molar-refractivity contribution is -0.136. The van der Waals surface area contributed by atoms with Gasteiger partial charge in [-0.2, -0.15) is 0 Å². The molecule has 8 heteroatoms. The summed E-state index contributed by atoms with van der Waals surface area (Å²) in [5.74, 6) is 0.923. The number of hydrogen-bond acceptors (Lipinski definition) is 3. The molecule has 2 amide bonds. The second-order valence-corrected chi connectivity index (χ2v) is 12.1. The molecule has 0 bridgehead atoms. The van der Waals surface area contributed by atoms with E-state index in [0.29, 0.717) is 25.3 Å². The van der Waals surface area contributed by atoms with Gasteiger partial charge in [-0.05, 0) is 95.3 Å². The lowest BCUT2D eigenvalue weighted by Crippen LogP contribution is -2.42. The minimum Gasteiger partial charge on any atom is -0.343 e. The molecule has 0 unspecified atom stereocenters. The summed E-state index contributed by atoms with van der Waals surface area (Å²) < 4.78 is 2.05. The standard InChI is InChI=1S/C27H30Br2ClN3O2/c28-20-13-19-5-4-18-14-21(30)15-22(29)25(18)26(27(19)31-16-20)17-6-10-33(11-7-17)24(35)8-12-32-9-2-1-3-23(32)34/h13-17,26H,1-12H2/t26-/m1/s1. The van der Waals surface area contributed by atoms with E-state index in [1.807, 2.05) is 22.1 Å². The van der Waals surface area contributed by atoms with Crippen molar-refractivity contribution in [3.8, 4) is 0 Å². The zero-order valence-corrected chi connectivity index (χ0v) is 23.7. The van der Waals surface area contributed by atoms with Gasteiger partial charge in [-0.15, -0.1) is 0 Å². The van der Waals surface area contributed by atoms with Gasteiger partial charge in [0.2, 0.25) is 11.8 Å². The summed E-state index contributed by atoms with van der Waals surface area (Å²) in [4.78, 5) is 33.8. The third-order valence-electron chi connectivity index (χ3n) is 7.80. The number of carbonyl (C=O) groups excluding carboxylic acids is 2. The topological polar surface area (TPSA) is 53.5 Å². The zero-order chi connectivity index (χ0) is 24.5. The highest BCUT2D eigenvalue weighted by molar-refractivity contribution is 9.10. The molecule has 1 atom stereocenters. The summed E-state index contributed by atoms with van der Waals surface area (Å²) in [7, 11) is 0. The molecule has 0 radical (unpaired) electrons. The fraction of sp³-hybridized carbons (Fsp3) is 0.519. The van der Waals surface area contributed by atoms with E-state index in [0.717, 1.165) is 77.8 Å². The number of carbonyl (C=O) groups is 2. The van der Waals surface area contributed by atoms with Crippen LogP contribution in [0.3, 0.4) is 0 Å². The first kappa shape index (κ1) is 25.2. The lowest BCUT2D eigenvalue weighted by atomic mass is 9.76. The lowest BCUT2D eigenvalue weighted by Gasteiger charge is -2.37. The Morgan fingerprint density at radius 1 is 1.03 bits per heavy atom. The number of pyridine rings is 1. The first-order valence-corrected chi connectivity index (χ1v) is 14.5. The number of rotatable bonds is 4. The Labute approximate surface area is 228 Å². The van der Waals surface area contributed by atoms with Gasteiger partial charge in [0.1, 0.15) is 0 Å². The average molecular weight is 624 g/mol. The number of nitrogens with zero attached hydrogens (tertiary/aromatic N) is 3. The number of piperidine rings is 2. The molecule has 0 spiro atoms. The largest absolute Gasteiger partial charge is 0.343 e. The first-order chi connectivity index (χ1) is 16.9. The van der Waals surface area contributed by atoms with Crippen LogP contribution in [0, 0.1) is 5.92 Å². The van der Waals surface area contributed by atoms with Gasteiger partial charge in [-0.3, -0.25) is 14.6 Å². The van der Waals surface area contributed by atoms with Gasteiger partial charge in [-0.25, -0.2) is 0 Å². The number of halogens is 3. The van der Waals surface area contributed by atoms with E-state index in [4.69, 9.17) is 16.6 Å². The average Bonchev–Trinajstić information content (AvgIpc) is 3.00. The molecule has 3 heterocycles. The Bertz CT molecular complexity index is 1130. The third kappa shape index (κ3) is 5.47. The quantitative estimate of drug-likeness (QED) is 0.412. The van der Waals surface area contributed by atoms with Crippen LogP contribution in [0.15, 0.2) is 33.3 Å². The molecular weight excluding hydrogens is 594 g/mol. The van der Waals surface area contributed by atoms with E-state index in [9.17, 15) is 9.59 Å². The van der Waals surface area contributed by atoms with Gasteiger partial charge in [0.15, 0.2) is 0 Å². The van der Waals surface area contributed by atoms with Crippen LogP contribution in [0.5, 0.6) is 0 Å². The van der Waals surface area contributed by atoms with Crippen LogP contribution in [0.4, 0.5) is 0 Å². The molecule has 2 fully saturated rings. The Hall–Kier alpha value is -1.44. The van der Waals surface area contributed by atoms with Crippen molar-refractivity contribution in [2.24, 2.45) is 5.92 Å². The first-order valence-electron chi connectivity index (χ1n) is 12.6. The number of likely N-dealkylation sites (tertiary alicyclic amines) is 2. The second-order valence-electron chi connectivity index (χ2n) is 9.94. The molecule has 0 N–H and O–H groups in total. The molecule has 2 aliphatic heterocycles. The van der Waals surface area contributed by atoms with Crippen molar-refractivity contribution in [2.75, 3.05) is 26.2 Å². The maximum atomic E-state index is 13.0. The smallest absolute Gasteiger partial charge is 0.224 e. The van der Waals surface area contributed by atoms with Crippen LogP contribution in [-0.4, -0.2) is 52.8 Å². The van der Waals surface area contributed by atoms with Crippen molar-refractivity contribution in [3.63, 3.8) is 0 Å². The van der Waals surface area contributed by atoms with Crippen LogP contribution in [0.25, 0.3) is 0 Å². The Morgan fingerprint density at radius 3 is 2.57 bits per heavy atom. The maximum absolute atomic E-state index is 13.0. The van der Waals surface area contributed by atoms with Crippen molar-refractivity contribution < 1.29 is 9.59 Å². The van der Waals surface area contributed by atoms with Crippen molar-refractivity contribution in [1.82, 2.24) is 14.8 Å². The molecule has 3 aliphatic rings. The Balaban J connectivity index is 1.33. The summed E-state index contributed by atoms with van der Waals surface area (Å²) in [6.07, 6.45) is 8.70. The minimum absolute atomic E-state index is 0.165. The normalized spacial score (nSPS) is 20.9. The fourth-order valence-electron chi connectivity index (χ4n) is 6.00. The highest BCUT2D eigenvalue weighted by atomic mass is 79.9. The SMILES string of the molecule is O=C1CCCCN1CCC(=O)N1CCC([C@H]2c3ncc(Br)cc3CCc3cc(Cl)cc(Br)c32)CC1. The van der Waals surface area contributed by atoms with E-state index < -0.39 is 0 Å². The molecule has 1 aromatic carbocycles. The molecule has 0 saturated carbocycles. The Kier molecular flexibility index (Phi) is 7.85. The van der Waals surface area contributed by atoms with Gasteiger partial charge >= 0.3 is 0 Å². The number of hydrogen-bond donors (Lipinski definition) is 0. The van der Waals surface area contributed by atoms with Crippen molar-refractivity contribution in [2.45, 2.75) is 57.3 Å². The van der Waals surface area contributed by atoms with Crippen LogP contribution in [0.1, 0.15) is 66.8 Å². The summed E-state index contributed by atoms with van der Waals surface area (Å²) in [5, 5.41) is 0.752. The fourth-order valence-corrected chi connectivity index (χ4v) is 7.50. The summed E-state index contributed by atoms with van der Waals surface area (Å²) in [5.41, 5.74) is 5.03. The number of aromatic nitrogens is 1. The van der Waals surface area contributed by atoms with Crippen LogP contribution in [0.2, 0.25) is 5.02 Å². The van der Waals surface area contributed by atoms with E-state index in [-0.39, 0.29) is 17.7 Å². The van der Waals surface area contributed by atoms with Crippen LogP contribution < -0.4 is 0 Å². The molecule has 1 aromatic heterocycles. The highest BCUT2D eigenvalue weighted by Crippen LogP contribution is 2.46. The molecule has 186 valence electrons. The summed E-state index contributed by atoms with van der Waals surface area (Å²) in [6.45, 7) is 2.84. The summed E-state index contributed by atoms with van der Waals surface area (Å²) in [6, 6.07) is 6.31. The monoisotopic (exact) mass is 621 g/mol. The van der Waals surface area contributed by atoms with E-state index in [2.05, 4.69) is 44.0 Å². The predicted molar refractivity (Wildman–Crippen MR) is 145 cm³/mol. The molecule has 35 heavy (non-hydrogen) atoms. The molecule has 1 aliphatic carbocycles. The third-order valence-corrected chi connectivity index (χ3v) is 9.11. The van der Waals surface area contributed by atoms with Gasteiger partial charge < -0.3 is 9.80 Å². The molecular formula is C27H30Br2ClN3O2. The molecule has 5 rings (SSSR count). The van der Waals surface area contributed by atoms with Crippen molar-refractivity contribution >= 4 is 55.3 Å². The minimum atomic E-state index is 0.165. The molecule has 2 aromatic rings. The number of aryl methyl sites for hydroxylation is 2. The number of benzene rings is 1. The highest BCUT2D eigenvalue weighted by Gasteiger charge is 2.36. The van der Waals surface area contributed by atoms with Crippen molar-refractivity contribution in [3.05, 3.63) is 60.7 Å². The number of amides is 2. The van der Waals surface area contributed by atoms with Crippen molar-refractivity contribution in [1.29, 1.82) is 0 Å². The van der Waals surface area contributed by atoms with E-state index in [1.54, 1.807) is 0 Å². The maximum Gasteiger partial charge on any atom is 0.224 e. The second kappa shape index (κ2) is 10.9. The zero-order valence-electron chi connectivity index (χ0n) is 19.7. The van der Waals surface area contributed by atoms with Gasteiger partial charge in [0.25, 0.3) is 0 Å². The Morgan fingerprint density at radius 2 is 1.80 bits per heavy atom. The van der Waals surface area contributed by atoms with Crippen LogP contribution >= 0.6 is 43.5 Å². The van der Waals surface area contributed by atoms with E-state index in [1.165, 1.54) is 16.7 Å². The molecule has 5 nitrogen and oxygen atoms in total. The number of fused-ring (bicyclic) bond motifs is 2. The predicted octanol–water partition coefficient (Wildman–Crippen LogP) is 6.13. The van der Waals surface area contributed by atoms with Gasteiger partial charge in [-0.1, -0.05) is 27.5 Å². The summed E-state index contributed by atoms with van der Waals surface area (Å²) >= 11 is 13.9. The van der Waals surface area contributed by atoms with Gasteiger partial charge in [0, 0.05) is 65.1 Å². The van der Waals surface area contributed by atoms with Crippen LogP contribution in [-0.2, 0) is 22.4 Å². The van der Waals surface area contributed by atoms with Gasteiger partial charge in [0.05, 0.1) is 5.69 Å². The molecule has 2 saturated heterocycles. The van der Waals surface area contributed by atoms with E-state index >= 15 is 0 Å².